The van der Waals surface area contributed by atoms with Crippen LogP contribution >= 0.6 is 11.6 Å². The Morgan fingerprint density at radius 1 is 1.21 bits per heavy atom. The van der Waals surface area contributed by atoms with Gasteiger partial charge >= 0.3 is 0 Å². The van der Waals surface area contributed by atoms with E-state index in [0.29, 0.717) is 0 Å². The Balaban J connectivity index is 3.15. The highest BCUT2D eigenvalue weighted by Crippen LogP contribution is 2.17. The Labute approximate surface area is 89.4 Å². The zero-order chi connectivity index (χ0) is 10.7. The van der Waals surface area contributed by atoms with Gasteiger partial charge in [0.25, 0.3) is 0 Å². The Morgan fingerprint density at radius 2 is 1.71 bits per heavy atom. The van der Waals surface area contributed by atoms with Crippen LogP contribution in [0.15, 0.2) is 18.2 Å². The molecule has 74 valence electrons. The molecule has 1 aromatic rings. The first-order chi connectivity index (χ1) is 6.50. The van der Waals surface area contributed by atoms with Crippen molar-refractivity contribution in [1.29, 1.82) is 0 Å². The summed E-state index contributed by atoms with van der Waals surface area (Å²) in [5, 5.41) is -0.440. The number of carbonyl (C=O) groups is 1. The van der Waals surface area contributed by atoms with E-state index in [4.69, 9.17) is 11.6 Å². The predicted octanol–water partition coefficient (Wildman–Crippen LogP) is 3.39. The van der Waals surface area contributed by atoms with E-state index in [0.717, 1.165) is 16.7 Å². The van der Waals surface area contributed by atoms with Crippen LogP contribution in [0.1, 0.15) is 22.3 Å². The summed E-state index contributed by atoms with van der Waals surface area (Å²) in [5.74, 6) is 0. The minimum atomic E-state index is -0.440. The monoisotopic (exact) mass is 208 g/mol. The first-order valence-electron chi connectivity index (χ1n) is 4.46. The molecule has 0 radical (unpaired) electrons. The van der Waals surface area contributed by atoms with E-state index in [9.17, 15) is 4.79 Å². The van der Waals surface area contributed by atoms with E-state index < -0.39 is 5.24 Å². The molecule has 0 aliphatic carbocycles. The highest BCUT2D eigenvalue weighted by Gasteiger charge is 2.00. The maximum Gasteiger partial charge on any atom is 0.245 e. The van der Waals surface area contributed by atoms with Gasteiger partial charge in [-0.15, -0.1) is 0 Å². The molecule has 0 unspecified atom stereocenters. The Hall–Kier alpha value is -1.08. The zero-order valence-corrected chi connectivity index (χ0v) is 9.35. The van der Waals surface area contributed by atoms with Crippen LogP contribution in [0.4, 0.5) is 0 Å². The molecule has 1 aromatic carbocycles. The SMILES string of the molecule is Cc1cc(C)c(/C=C/C(=O)Cl)c(C)c1. The summed E-state index contributed by atoms with van der Waals surface area (Å²) in [5.41, 5.74) is 4.63. The van der Waals surface area contributed by atoms with Crippen LogP contribution in [-0.4, -0.2) is 5.24 Å². The minimum absolute atomic E-state index is 0.440. The van der Waals surface area contributed by atoms with Crippen molar-refractivity contribution in [1.82, 2.24) is 0 Å². The number of aryl methyl sites for hydroxylation is 3. The van der Waals surface area contributed by atoms with Crippen LogP contribution < -0.4 is 0 Å². The fourth-order valence-electron chi connectivity index (χ4n) is 1.60. The molecule has 0 atom stereocenters. The maximum absolute atomic E-state index is 10.6. The Bertz CT molecular complexity index is 368. The van der Waals surface area contributed by atoms with Gasteiger partial charge in [-0.25, -0.2) is 0 Å². The number of benzene rings is 1. The number of rotatable bonds is 2. The maximum atomic E-state index is 10.6. The lowest BCUT2D eigenvalue weighted by molar-refractivity contribution is -0.107. The lowest BCUT2D eigenvalue weighted by atomic mass is 10.00. The van der Waals surface area contributed by atoms with Crippen molar-refractivity contribution in [3.8, 4) is 0 Å². The van der Waals surface area contributed by atoms with Crippen molar-refractivity contribution in [2.75, 3.05) is 0 Å². The number of hydrogen-bond donors (Lipinski definition) is 0. The van der Waals surface area contributed by atoms with Crippen LogP contribution in [0.3, 0.4) is 0 Å². The summed E-state index contributed by atoms with van der Waals surface area (Å²) >= 11 is 5.24. The summed E-state index contributed by atoms with van der Waals surface area (Å²) < 4.78 is 0. The second-order valence-electron chi connectivity index (χ2n) is 3.45. The molecule has 0 N–H and O–H groups in total. The number of carbonyl (C=O) groups excluding carboxylic acids is 1. The van der Waals surface area contributed by atoms with Crippen LogP contribution in [0.2, 0.25) is 0 Å². The molecule has 0 saturated carbocycles. The molecule has 1 nitrogen and oxygen atoms in total. The van der Waals surface area contributed by atoms with Crippen molar-refractivity contribution in [2.24, 2.45) is 0 Å². The van der Waals surface area contributed by atoms with Gasteiger partial charge in [-0.05, 0) is 61.2 Å². The summed E-state index contributed by atoms with van der Waals surface area (Å²) in [7, 11) is 0. The lowest BCUT2D eigenvalue weighted by Gasteiger charge is -2.06. The van der Waals surface area contributed by atoms with Gasteiger partial charge in [-0.3, -0.25) is 4.79 Å². The molecule has 0 fully saturated rings. The minimum Gasteiger partial charge on any atom is -0.276 e. The van der Waals surface area contributed by atoms with E-state index in [-0.39, 0.29) is 0 Å². The molecule has 0 aliphatic heterocycles. The predicted molar refractivity (Wildman–Crippen MR) is 60.5 cm³/mol. The molecular formula is C12H13ClO. The van der Waals surface area contributed by atoms with Crippen molar-refractivity contribution in [2.45, 2.75) is 20.8 Å². The molecule has 1 rings (SSSR count). The largest absolute Gasteiger partial charge is 0.276 e. The summed E-state index contributed by atoms with van der Waals surface area (Å²) in [6.45, 7) is 6.11. The normalized spacial score (nSPS) is 10.9. The molecule has 0 bridgehead atoms. The fourth-order valence-corrected chi connectivity index (χ4v) is 1.67. The van der Waals surface area contributed by atoms with Crippen LogP contribution in [-0.2, 0) is 4.79 Å². The second kappa shape index (κ2) is 4.43. The van der Waals surface area contributed by atoms with Crippen molar-refractivity contribution >= 4 is 22.9 Å². The van der Waals surface area contributed by atoms with E-state index in [2.05, 4.69) is 19.1 Å². The Morgan fingerprint density at radius 3 is 2.14 bits per heavy atom. The van der Waals surface area contributed by atoms with Crippen molar-refractivity contribution in [3.63, 3.8) is 0 Å². The summed E-state index contributed by atoms with van der Waals surface area (Å²) in [6.07, 6.45) is 3.14. The fraction of sp³-hybridized carbons (Fsp3) is 0.250. The number of hydrogen-bond acceptors (Lipinski definition) is 1. The van der Waals surface area contributed by atoms with Gasteiger partial charge in [0.15, 0.2) is 0 Å². The molecule has 2 heteroatoms. The van der Waals surface area contributed by atoms with Crippen molar-refractivity contribution < 1.29 is 4.79 Å². The van der Waals surface area contributed by atoms with Gasteiger partial charge in [0.05, 0.1) is 0 Å². The van der Waals surface area contributed by atoms with Crippen LogP contribution in [0.25, 0.3) is 6.08 Å². The van der Waals surface area contributed by atoms with Gasteiger partial charge in [-0.2, -0.15) is 0 Å². The molecule has 0 aromatic heterocycles. The van der Waals surface area contributed by atoms with E-state index >= 15 is 0 Å². The van der Waals surface area contributed by atoms with Crippen LogP contribution in [0.5, 0.6) is 0 Å². The standard InChI is InChI=1S/C12H13ClO/c1-8-6-9(2)11(10(3)7-8)4-5-12(13)14/h4-7H,1-3H3/b5-4+. The first-order valence-corrected chi connectivity index (χ1v) is 4.84. The van der Waals surface area contributed by atoms with Gasteiger partial charge in [0, 0.05) is 0 Å². The quantitative estimate of drug-likeness (QED) is 0.538. The Kier molecular flexibility index (Phi) is 3.48. The third-order valence-electron chi connectivity index (χ3n) is 2.12. The third-order valence-corrected chi connectivity index (χ3v) is 2.25. The summed E-state index contributed by atoms with van der Waals surface area (Å²) in [6, 6.07) is 4.18. The average Bonchev–Trinajstić information content (AvgIpc) is 2.01. The van der Waals surface area contributed by atoms with Crippen LogP contribution in [0, 0.1) is 20.8 Å². The summed E-state index contributed by atoms with van der Waals surface area (Å²) in [4.78, 5) is 10.6. The number of halogens is 1. The molecule has 0 amide bonds. The highest BCUT2D eigenvalue weighted by atomic mass is 35.5. The van der Waals surface area contributed by atoms with Gasteiger partial charge in [0.1, 0.15) is 0 Å². The first kappa shape index (κ1) is 11.0. The topological polar surface area (TPSA) is 17.1 Å². The average molecular weight is 209 g/mol. The second-order valence-corrected chi connectivity index (χ2v) is 3.82. The number of allylic oxidation sites excluding steroid dienone is 1. The van der Waals surface area contributed by atoms with E-state index in [1.807, 2.05) is 13.8 Å². The third kappa shape index (κ3) is 2.71. The molecule has 0 spiro atoms. The lowest BCUT2D eigenvalue weighted by Crippen LogP contribution is -1.89. The highest BCUT2D eigenvalue weighted by molar-refractivity contribution is 6.66. The smallest absolute Gasteiger partial charge is 0.245 e. The molecule has 0 aliphatic rings. The molecular weight excluding hydrogens is 196 g/mol. The molecule has 0 heterocycles. The van der Waals surface area contributed by atoms with Gasteiger partial charge < -0.3 is 0 Å². The van der Waals surface area contributed by atoms with E-state index in [1.165, 1.54) is 11.6 Å². The zero-order valence-electron chi connectivity index (χ0n) is 8.60. The molecule has 0 saturated heterocycles. The van der Waals surface area contributed by atoms with E-state index in [1.54, 1.807) is 6.08 Å². The van der Waals surface area contributed by atoms with Gasteiger partial charge in [0.2, 0.25) is 5.24 Å². The molecule has 14 heavy (non-hydrogen) atoms. The van der Waals surface area contributed by atoms with Gasteiger partial charge in [-0.1, -0.05) is 17.7 Å². The van der Waals surface area contributed by atoms with Crippen molar-refractivity contribution in [3.05, 3.63) is 40.5 Å².